The number of sulfonamides is 1. The predicted octanol–water partition coefficient (Wildman–Crippen LogP) is 2.94. The van der Waals surface area contributed by atoms with Gasteiger partial charge in [0.05, 0.1) is 11.5 Å². The predicted molar refractivity (Wildman–Crippen MR) is 115 cm³/mol. The summed E-state index contributed by atoms with van der Waals surface area (Å²) in [4.78, 5) is 16.5. The molecule has 164 valence electrons. The molecule has 0 atom stereocenters. The van der Waals surface area contributed by atoms with Crippen LogP contribution in [0.3, 0.4) is 0 Å². The second-order valence-corrected chi connectivity index (χ2v) is 8.37. The Balaban J connectivity index is 1.59. The minimum absolute atomic E-state index is 0.00429. The fourth-order valence-electron chi connectivity index (χ4n) is 2.79. The first kappa shape index (κ1) is 22.3. The maximum atomic E-state index is 12.7. The lowest BCUT2D eigenvalue weighted by Gasteiger charge is -2.10. The Morgan fingerprint density at radius 3 is 2.61 bits per heavy atom. The monoisotopic (exact) mass is 444 g/mol. The molecule has 0 aliphatic heterocycles. The summed E-state index contributed by atoms with van der Waals surface area (Å²) >= 11 is 0. The summed E-state index contributed by atoms with van der Waals surface area (Å²) in [5.41, 5.74) is 0.651. The molecule has 0 unspecified atom stereocenters. The molecule has 31 heavy (non-hydrogen) atoms. The number of nitrogens with zero attached hydrogens (tertiary/aromatic N) is 2. The van der Waals surface area contributed by atoms with Crippen molar-refractivity contribution in [2.75, 3.05) is 17.9 Å². The van der Waals surface area contributed by atoms with Crippen LogP contribution in [-0.2, 0) is 16.4 Å². The van der Waals surface area contributed by atoms with Gasteiger partial charge in [-0.2, -0.15) is 4.98 Å². The highest BCUT2D eigenvalue weighted by atomic mass is 32.2. The number of hydrogen-bond acceptors (Lipinski definition) is 7. The van der Waals surface area contributed by atoms with Gasteiger partial charge in [0.15, 0.2) is 5.82 Å². The first-order valence-corrected chi connectivity index (χ1v) is 11.3. The van der Waals surface area contributed by atoms with Crippen LogP contribution in [-0.4, -0.2) is 37.6 Å². The fraction of sp³-hybridized carbons (Fsp3) is 0.286. The Bertz CT molecular complexity index is 1130. The van der Waals surface area contributed by atoms with E-state index in [4.69, 9.17) is 9.26 Å². The highest BCUT2D eigenvalue weighted by Crippen LogP contribution is 2.20. The van der Waals surface area contributed by atoms with E-state index in [1.165, 1.54) is 18.2 Å². The van der Waals surface area contributed by atoms with Crippen molar-refractivity contribution in [2.24, 2.45) is 0 Å². The molecule has 0 saturated carbocycles. The number of anilines is 1. The molecule has 1 heterocycles. The number of aromatic nitrogens is 2. The number of rotatable bonds is 10. The van der Waals surface area contributed by atoms with Crippen LogP contribution >= 0.6 is 0 Å². The van der Waals surface area contributed by atoms with Gasteiger partial charge in [-0.25, -0.2) is 8.42 Å². The third kappa shape index (κ3) is 6.29. The van der Waals surface area contributed by atoms with Gasteiger partial charge in [-0.3, -0.25) is 9.52 Å². The Morgan fingerprint density at radius 1 is 1.16 bits per heavy atom. The van der Waals surface area contributed by atoms with Crippen molar-refractivity contribution >= 4 is 21.6 Å². The molecule has 2 aromatic carbocycles. The Hall–Kier alpha value is -3.40. The Labute approximate surface area is 180 Å². The van der Waals surface area contributed by atoms with E-state index < -0.39 is 10.0 Å². The normalized spacial score (nSPS) is 11.2. The van der Waals surface area contributed by atoms with E-state index in [-0.39, 0.29) is 16.4 Å². The zero-order chi connectivity index (χ0) is 22.3. The smallest absolute Gasteiger partial charge is 0.261 e. The lowest BCUT2D eigenvalue weighted by molar-refractivity contribution is 0.0952. The van der Waals surface area contributed by atoms with Crippen molar-refractivity contribution in [2.45, 2.75) is 31.6 Å². The van der Waals surface area contributed by atoms with Crippen LogP contribution in [0.1, 0.15) is 35.4 Å². The van der Waals surface area contributed by atoms with Crippen LogP contribution in [0.15, 0.2) is 57.9 Å². The molecule has 1 aromatic heterocycles. The van der Waals surface area contributed by atoms with E-state index in [0.717, 1.165) is 0 Å². The van der Waals surface area contributed by atoms with Crippen LogP contribution in [0.25, 0.3) is 0 Å². The zero-order valence-electron chi connectivity index (χ0n) is 17.3. The first-order chi connectivity index (χ1) is 14.9. The van der Waals surface area contributed by atoms with Crippen LogP contribution < -0.4 is 14.8 Å². The van der Waals surface area contributed by atoms with E-state index in [1.54, 1.807) is 37.3 Å². The van der Waals surface area contributed by atoms with Crippen molar-refractivity contribution in [3.63, 3.8) is 0 Å². The summed E-state index contributed by atoms with van der Waals surface area (Å²) in [6.07, 6.45) is 1.16. The molecule has 0 aliphatic rings. The van der Waals surface area contributed by atoms with E-state index in [9.17, 15) is 13.2 Å². The molecule has 0 bridgehead atoms. The molecule has 1 amide bonds. The van der Waals surface area contributed by atoms with E-state index >= 15 is 0 Å². The van der Waals surface area contributed by atoms with Crippen LogP contribution in [0.4, 0.5) is 5.69 Å². The summed E-state index contributed by atoms with van der Waals surface area (Å²) in [6, 6.07) is 12.5. The van der Waals surface area contributed by atoms with Gasteiger partial charge in [0, 0.05) is 24.2 Å². The number of ether oxygens (including phenoxy) is 1. The molecule has 10 heteroatoms. The molecule has 3 aromatic rings. The number of aryl methyl sites for hydroxylation is 2. The zero-order valence-corrected chi connectivity index (χ0v) is 18.1. The SMILES string of the molecule is CCOc1ccc(NS(=O)(=O)c2cccc(C(=O)NCCCc3nc(C)no3)c2)cc1. The third-order valence-electron chi connectivity index (χ3n) is 4.25. The first-order valence-electron chi connectivity index (χ1n) is 9.80. The molecule has 9 nitrogen and oxygen atoms in total. The van der Waals surface area contributed by atoms with Gasteiger partial charge in [-0.05, 0) is 62.7 Å². The minimum Gasteiger partial charge on any atom is -0.494 e. The summed E-state index contributed by atoms with van der Waals surface area (Å²) in [5.74, 6) is 1.37. The Kier molecular flexibility index (Phi) is 7.24. The maximum Gasteiger partial charge on any atom is 0.261 e. The van der Waals surface area contributed by atoms with Gasteiger partial charge in [-0.15, -0.1) is 0 Å². The van der Waals surface area contributed by atoms with Crippen molar-refractivity contribution in [3.8, 4) is 5.75 Å². The molecule has 0 saturated heterocycles. The number of amides is 1. The number of benzene rings is 2. The average Bonchev–Trinajstić information content (AvgIpc) is 3.17. The lowest BCUT2D eigenvalue weighted by atomic mass is 10.2. The molecule has 2 N–H and O–H groups in total. The van der Waals surface area contributed by atoms with Crippen molar-refractivity contribution in [3.05, 3.63) is 65.8 Å². The summed E-state index contributed by atoms with van der Waals surface area (Å²) in [6.45, 7) is 4.52. The fourth-order valence-corrected chi connectivity index (χ4v) is 3.89. The van der Waals surface area contributed by atoms with Crippen LogP contribution in [0.2, 0.25) is 0 Å². The van der Waals surface area contributed by atoms with E-state index in [2.05, 4.69) is 20.2 Å². The van der Waals surface area contributed by atoms with Gasteiger partial charge in [0.25, 0.3) is 15.9 Å². The molecular formula is C21H24N4O5S. The van der Waals surface area contributed by atoms with Crippen LogP contribution in [0.5, 0.6) is 5.75 Å². The third-order valence-corrected chi connectivity index (χ3v) is 5.63. The largest absolute Gasteiger partial charge is 0.494 e. The Morgan fingerprint density at radius 2 is 1.94 bits per heavy atom. The van der Waals surface area contributed by atoms with Gasteiger partial charge < -0.3 is 14.6 Å². The molecular weight excluding hydrogens is 420 g/mol. The molecule has 3 rings (SSSR count). The summed E-state index contributed by atoms with van der Waals surface area (Å²) in [5, 5.41) is 6.48. The quantitative estimate of drug-likeness (QED) is 0.461. The second-order valence-electron chi connectivity index (χ2n) is 6.69. The van der Waals surface area contributed by atoms with Gasteiger partial charge >= 0.3 is 0 Å². The van der Waals surface area contributed by atoms with Gasteiger partial charge in [0.1, 0.15) is 5.75 Å². The number of carbonyl (C=O) groups is 1. The molecule has 0 spiro atoms. The summed E-state index contributed by atoms with van der Waals surface area (Å²) < 4.78 is 38.3. The van der Waals surface area contributed by atoms with Crippen molar-refractivity contribution in [1.82, 2.24) is 15.5 Å². The van der Waals surface area contributed by atoms with Crippen LogP contribution in [0, 0.1) is 6.92 Å². The highest BCUT2D eigenvalue weighted by molar-refractivity contribution is 7.92. The van der Waals surface area contributed by atoms with Gasteiger partial charge in [-0.1, -0.05) is 11.2 Å². The summed E-state index contributed by atoms with van der Waals surface area (Å²) in [7, 11) is -3.85. The maximum absolute atomic E-state index is 12.7. The van der Waals surface area contributed by atoms with E-state index in [1.807, 2.05) is 6.92 Å². The molecule has 0 radical (unpaired) electrons. The minimum atomic E-state index is -3.85. The van der Waals surface area contributed by atoms with E-state index in [0.29, 0.717) is 49.1 Å². The second kappa shape index (κ2) is 10.1. The van der Waals surface area contributed by atoms with Gasteiger partial charge in [0.2, 0.25) is 5.89 Å². The highest BCUT2D eigenvalue weighted by Gasteiger charge is 2.16. The van der Waals surface area contributed by atoms with Crippen molar-refractivity contribution < 1.29 is 22.5 Å². The molecule has 0 aliphatic carbocycles. The molecule has 0 fully saturated rings. The lowest BCUT2D eigenvalue weighted by Crippen LogP contribution is -2.25. The number of hydrogen-bond donors (Lipinski definition) is 2. The standard InChI is InChI=1S/C21H24N4O5S/c1-3-29-18-11-9-17(10-12-18)25-31(27,28)19-7-4-6-16(14-19)21(26)22-13-5-8-20-23-15(2)24-30-20/h4,6-7,9-12,14,25H,3,5,8,13H2,1-2H3,(H,22,26). The average molecular weight is 445 g/mol. The number of nitrogens with one attached hydrogen (secondary N) is 2. The van der Waals surface area contributed by atoms with Crippen molar-refractivity contribution in [1.29, 1.82) is 0 Å². The number of carbonyl (C=O) groups excluding carboxylic acids is 1. The topological polar surface area (TPSA) is 123 Å².